The van der Waals surface area contributed by atoms with Crippen molar-refractivity contribution >= 4 is 29.3 Å². The number of rotatable bonds is 7. The lowest BCUT2D eigenvalue weighted by Gasteiger charge is -2.29. The summed E-state index contributed by atoms with van der Waals surface area (Å²) < 4.78 is 14.0. The van der Waals surface area contributed by atoms with Crippen LogP contribution in [0.4, 0.5) is 0 Å². The lowest BCUT2D eigenvalue weighted by molar-refractivity contribution is -0.0477. The van der Waals surface area contributed by atoms with Gasteiger partial charge in [0, 0.05) is 36.1 Å². The molecule has 150 valence electrons. The fourth-order valence-electron chi connectivity index (χ4n) is 3.30. The normalized spacial score (nSPS) is 21.2. The molecule has 1 saturated heterocycles. The van der Waals surface area contributed by atoms with Crippen molar-refractivity contribution < 1.29 is 14.3 Å². The minimum atomic E-state index is -0.515. The van der Waals surface area contributed by atoms with Gasteiger partial charge in [-0.3, -0.25) is 0 Å². The van der Waals surface area contributed by atoms with Gasteiger partial charge in [-0.05, 0) is 29.8 Å². The summed E-state index contributed by atoms with van der Waals surface area (Å²) in [6, 6.07) is 16.8. The topological polar surface area (TPSA) is 53.4 Å². The van der Waals surface area contributed by atoms with E-state index >= 15 is 0 Å². The van der Waals surface area contributed by atoms with Crippen LogP contribution >= 0.6 is 23.4 Å². The van der Waals surface area contributed by atoms with Crippen molar-refractivity contribution in [3.63, 3.8) is 0 Å². The number of halogens is 1. The molecule has 0 unspecified atom stereocenters. The maximum Gasteiger partial charge on any atom is 0.338 e. The molecule has 7 heteroatoms. The van der Waals surface area contributed by atoms with E-state index in [9.17, 15) is 4.79 Å². The van der Waals surface area contributed by atoms with E-state index in [1.807, 2.05) is 53.2 Å². The van der Waals surface area contributed by atoms with Crippen LogP contribution in [0, 0.1) is 0 Å². The summed E-state index contributed by atoms with van der Waals surface area (Å²) in [6.07, 6.45) is 6.09. The Hall–Kier alpha value is -2.28. The second-order valence-corrected chi connectivity index (χ2v) is 8.54. The van der Waals surface area contributed by atoms with Gasteiger partial charge in [-0.25, -0.2) is 9.78 Å². The zero-order chi connectivity index (χ0) is 20.1. The SMILES string of the molecule is O=C(OC[C@H]1CS[C@](CCn2ccnc2)(c2ccc(Cl)cc2)O1)c1ccccc1. The highest BCUT2D eigenvalue weighted by Crippen LogP contribution is 2.48. The Morgan fingerprint density at radius 2 is 2.03 bits per heavy atom. The van der Waals surface area contributed by atoms with Crippen molar-refractivity contribution in [3.8, 4) is 0 Å². The summed E-state index contributed by atoms with van der Waals surface area (Å²) in [5.74, 6) is 0.413. The first-order chi connectivity index (χ1) is 14.1. The van der Waals surface area contributed by atoms with Crippen LogP contribution in [0.2, 0.25) is 5.02 Å². The van der Waals surface area contributed by atoms with Gasteiger partial charge in [0.15, 0.2) is 0 Å². The van der Waals surface area contributed by atoms with Crippen molar-refractivity contribution in [1.29, 1.82) is 0 Å². The molecule has 0 amide bonds. The Bertz CT molecular complexity index is 934. The van der Waals surface area contributed by atoms with E-state index in [0.717, 1.165) is 24.3 Å². The first-order valence-electron chi connectivity index (χ1n) is 9.40. The lowest BCUT2D eigenvalue weighted by Crippen LogP contribution is -2.28. The van der Waals surface area contributed by atoms with Crippen LogP contribution in [0.1, 0.15) is 22.3 Å². The summed E-state index contributed by atoms with van der Waals surface area (Å²) in [4.78, 5) is 15.8. The maximum atomic E-state index is 12.2. The Kier molecular flexibility index (Phi) is 6.23. The molecular formula is C22H21ClN2O3S. The van der Waals surface area contributed by atoms with Gasteiger partial charge < -0.3 is 14.0 Å². The number of nitrogens with zero attached hydrogens (tertiary/aromatic N) is 2. The van der Waals surface area contributed by atoms with Crippen LogP contribution in [0.25, 0.3) is 0 Å². The van der Waals surface area contributed by atoms with Crippen molar-refractivity contribution in [2.75, 3.05) is 12.4 Å². The van der Waals surface area contributed by atoms with E-state index in [4.69, 9.17) is 21.1 Å². The molecule has 2 heterocycles. The molecule has 3 aromatic rings. The minimum Gasteiger partial charge on any atom is -0.459 e. The molecule has 0 N–H and O–H groups in total. The van der Waals surface area contributed by atoms with Gasteiger partial charge in [0.05, 0.1) is 11.9 Å². The van der Waals surface area contributed by atoms with Gasteiger partial charge in [0.25, 0.3) is 0 Å². The van der Waals surface area contributed by atoms with Crippen molar-refractivity contribution in [2.24, 2.45) is 0 Å². The predicted octanol–water partition coefficient (Wildman–Crippen LogP) is 4.77. The van der Waals surface area contributed by atoms with Crippen LogP contribution in [0.3, 0.4) is 0 Å². The van der Waals surface area contributed by atoms with E-state index in [1.54, 1.807) is 36.4 Å². The summed E-state index contributed by atoms with van der Waals surface area (Å²) >= 11 is 7.81. The van der Waals surface area contributed by atoms with E-state index in [-0.39, 0.29) is 18.7 Å². The predicted molar refractivity (Wildman–Crippen MR) is 114 cm³/mol. The summed E-state index contributed by atoms with van der Waals surface area (Å²) in [5, 5.41) is 0.690. The number of benzene rings is 2. The second-order valence-electron chi connectivity index (χ2n) is 6.83. The van der Waals surface area contributed by atoms with Crippen LogP contribution in [0.5, 0.6) is 0 Å². The van der Waals surface area contributed by atoms with E-state index in [0.29, 0.717) is 10.6 Å². The van der Waals surface area contributed by atoms with Gasteiger partial charge in [0.1, 0.15) is 17.6 Å². The molecule has 0 bridgehead atoms. The van der Waals surface area contributed by atoms with E-state index < -0.39 is 4.93 Å². The first-order valence-corrected chi connectivity index (χ1v) is 10.8. The number of ether oxygens (including phenoxy) is 2. The summed E-state index contributed by atoms with van der Waals surface area (Å²) in [5.41, 5.74) is 1.60. The molecule has 1 aliphatic rings. The second kappa shape index (κ2) is 9.03. The Morgan fingerprint density at radius 3 is 2.76 bits per heavy atom. The molecule has 29 heavy (non-hydrogen) atoms. The highest BCUT2D eigenvalue weighted by molar-refractivity contribution is 8.00. The number of carbonyl (C=O) groups excluding carboxylic acids is 1. The Morgan fingerprint density at radius 1 is 1.24 bits per heavy atom. The largest absolute Gasteiger partial charge is 0.459 e. The lowest BCUT2D eigenvalue weighted by atomic mass is 10.1. The van der Waals surface area contributed by atoms with E-state index in [2.05, 4.69) is 4.98 Å². The average Bonchev–Trinajstić information content (AvgIpc) is 3.42. The van der Waals surface area contributed by atoms with Gasteiger partial charge in [-0.2, -0.15) is 0 Å². The van der Waals surface area contributed by atoms with Crippen LogP contribution in [-0.4, -0.2) is 34.0 Å². The number of esters is 1. The fourth-order valence-corrected chi connectivity index (χ4v) is 4.79. The molecular weight excluding hydrogens is 408 g/mol. The quantitative estimate of drug-likeness (QED) is 0.507. The van der Waals surface area contributed by atoms with Gasteiger partial charge in [-0.1, -0.05) is 41.9 Å². The minimum absolute atomic E-state index is 0.175. The number of carbonyl (C=O) groups is 1. The summed E-state index contributed by atoms with van der Waals surface area (Å²) in [7, 11) is 0. The third-order valence-electron chi connectivity index (χ3n) is 4.81. The molecule has 1 fully saturated rings. The number of thioether (sulfide) groups is 1. The van der Waals surface area contributed by atoms with Crippen LogP contribution in [-0.2, 0) is 21.0 Å². The molecule has 1 aromatic heterocycles. The molecule has 2 aromatic carbocycles. The van der Waals surface area contributed by atoms with Crippen LogP contribution in [0.15, 0.2) is 73.3 Å². The molecule has 0 aliphatic carbocycles. The standard InChI is InChI=1S/C22H21ClN2O3S/c23-19-8-6-18(7-9-19)22(10-12-25-13-11-24-16-25)28-20(15-29-22)14-27-21(26)17-4-2-1-3-5-17/h1-9,11,13,16,20H,10,12,14-15H2/t20-,22+/m0/s1. The van der Waals surface area contributed by atoms with Gasteiger partial charge in [-0.15, -0.1) is 11.8 Å². The molecule has 0 radical (unpaired) electrons. The monoisotopic (exact) mass is 428 g/mol. The smallest absolute Gasteiger partial charge is 0.338 e. The van der Waals surface area contributed by atoms with E-state index in [1.165, 1.54) is 0 Å². The van der Waals surface area contributed by atoms with Gasteiger partial charge in [0.2, 0.25) is 0 Å². The molecule has 1 aliphatic heterocycles. The van der Waals surface area contributed by atoms with Crippen molar-refractivity contribution in [1.82, 2.24) is 9.55 Å². The number of hydrogen-bond acceptors (Lipinski definition) is 5. The van der Waals surface area contributed by atoms with Gasteiger partial charge >= 0.3 is 5.97 Å². The third-order valence-corrected chi connectivity index (χ3v) is 6.60. The number of aryl methyl sites for hydroxylation is 1. The van der Waals surface area contributed by atoms with Crippen molar-refractivity contribution in [2.45, 2.75) is 24.0 Å². The highest BCUT2D eigenvalue weighted by Gasteiger charge is 2.42. The molecule has 4 rings (SSSR count). The molecule has 5 nitrogen and oxygen atoms in total. The zero-order valence-electron chi connectivity index (χ0n) is 15.7. The molecule has 2 atom stereocenters. The Labute approximate surface area is 179 Å². The van der Waals surface area contributed by atoms with Crippen LogP contribution < -0.4 is 0 Å². The molecule has 0 spiro atoms. The molecule has 0 saturated carbocycles. The number of hydrogen-bond donors (Lipinski definition) is 0. The maximum absolute atomic E-state index is 12.2. The number of aromatic nitrogens is 2. The van der Waals surface area contributed by atoms with Crippen molar-refractivity contribution in [3.05, 3.63) is 89.5 Å². The fraction of sp³-hybridized carbons (Fsp3) is 0.273. The highest BCUT2D eigenvalue weighted by atomic mass is 35.5. The Balaban J connectivity index is 1.44. The third kappa shape index (κ3) is 4.83. The average molecular weight is 429 g/mol. The first kappa shape index (κ1) is 20.0. The summed E-state index contributed by atoms with van der Waals surface area (Å²) in [6.45, 7) is 0.993. The number of imidazole rings is 1. The zero-order valence-corrected chi connectivity index (χ0v) is 17.3.